The number of aromatic nitrogens is 2. The van der Waals surface area contributed by atoms with Crippen molar-refractivity contribution < 1.29 is 14.6 Å². The molecule has 0 radical (unpaired) electrons. The van der Waals surface area contributed by atoms with Crippen LogP contribution in [0, 0.1) is 6.92 Å². The van der Waals surface area contributed by atoms with Gasteiger partial charge in [-0.25, -0.2) is 14.5 Å². The maximum Gasteiger partial charge on any atom is 0.356 e. The first-order valence-corrected chi connectivity index (χ1v) is 13.1. The van der Waals surface area contributed by atoms with E-state index in [0.29, 0.717) is 39.3 Å². The SMILES string of the molecule is Cc1c(C(=O)O)nn(-c2ccc(Cl)cc2Cl)c1-c1ccc(OCc2ccccc2)cc1.NN1CCCCC1. The third-order valence-electron chi connectivity index (χ3n) is 6.23. The summed E-state index contributed by atoms with van der Waals surface area (Å²) < 4.78 is 7.39. The second kappa shape index (κ2) is 12.9. The Kier molecular flexibility index (Phi) is 9.42. The zero-order valence-electron chi connectivity index (χ0n) is 21.1. The number of benzene rings is 3. The Bertz CT molecular complexity index is 1370. The van der Waals surface area contributed by atoms with E-state index in [-0.39, 0.29) is 5.69 Å². The maximum absolute atomic E-state index is 11.7. The second-order valence-electron chi connectivity index (χ2n) is 9.03. The standard InChI is InChI=1S/C24H18Cl2N2O3.C5H12N2/c1-15-22(24(29)30)27-28(21-12-9-18(25)13-20(21)26)23(15)17-7-10-19(11-8-17)31-14-16-5-3-2-4-6-16;6-7-4-2-1-3-5-7/h2-13H,14H2,1H3,(H,29,30);1-6H2. The molecule has 9 heteroatoms. The molecule has 0 amide bonds. The molecular weight excluding hydrogens is 523 g/mol. The van der Waals surface area contributed by atoms with E-state index in [1.54, 1.807) is 25.1 Å². The molecule has 0 atom stereocenters. The van der Waals surface area contributed by atoms with Crippen molar-refractivity contribution in [2.45, 2.75) is 32.8 Å². The highest BCUT2D eigenvalue weighted by Gasteiger charge is 2.22. The number of halogens is 2. The van der Waals surface area contributed by atoms with Gasteiger partial charge in [-0.1, -0.05) is 60.0 Å². The van der Waals surface area contributed by atoms with Gasteiger partial charge in [0.05, 0.1) is 16.4 Å². The minimum atomic E-state index is -1.11. The maximum atomic E-state index is 11.7. The lowest BCUT2D eigenvalue weighted by molar-refractivity contribution is 0.0689. The Morgan fingerprint density at radius 2 is 1.68 bits per heavy atom. The minimum absolute atomic E-state index is 0.0366. The fourth-order valence-corrected chi connectivity index (χ4v) is 4.72. The van der Waals surface area contributed by atoms with Crippen LogP contribution in [-0.4, -0.2) is 39.0 Å². The van der Waals surface area contributed by atoms with Crippen molar-refractivity contribution in [3.05, 3.63) is 99.7 Å². The van der Waals surface area contributed by atoms with Crippen LogP contribution in [0.4, 0.5) is 0 Å². The molecule has 0 spiro atoms. The Labute approximate surface area is 232 Å². The Balaban J connectivity index is 0.000000417. The van der Waals surface area contributed by atoms with E-state index >= 15 is 0 Å². The van der Waals surface area contributed by atoms with Crippen LogP contribution >= 0.6 is 23.2 Å². The highest BCUT2D eigenvalue weighted by atomic mass is 35.5. The molecule has 0 bridgehead atoms. The summed E-state index contributed by atoms with van der Waals surface area (Å²) in [5.74, 6) is 5.07. The number of nitrogens with zero attached hydrogens (tertiary/aromatic N) is 3. The third-order valence-corrected chi connectivity index (χ3v) is 6.77. The van der Waals surface area contributed by atoms with E-state index < -0.39 is 5.97 Å². The molecule has 1 saturated heterocycles. The van der Waals surface area contributed by atoms with Gasteiger partial charge in [0, 0.05) is 29.2 Å². The van der Waals surface area contributed by atoms with Crippen LogP contribution in [0.15, 0.2) is 72.8 Å². The van der Waals surface area contributed by atoms with E-state index in [9.17, 15) is 9.90 Å². The van der Waals surface area contributed by atoms with Crippen molar-refractivity contribution in [1.29, 1.82) is 0 Å². The smallest absolute Gasteiger partial charge is 0.356 e. The molecule has 0 aliphatic carbocycles. The van der Waals surface area contributed by atoms with Crippen molar-refractivity contribution in [3.63, 3.8) is 0 Å². The first kappa shape index (κ1) is 27.7. The van der Waals surface area contributed by atoms with Crippen LogP contribution in [0.2, 0.25) is 10.0 Å². The Morgan fingerprint density at radius 1 is 1.00 bits per heavy atom. The van der Waals surface area contributed by atoms with Crippen LogP contribution < -0.4 is 10.6 Å². The number of hydrazine groups is 1. The van der Waals surface area contributed by atoms with Gasteiger partial charge < -0.3 is 9.84 Å². The van der Waals surface area contributed by atoms with Crippen LogP contribution in [0.3, 0.4) is 0 Å². The molecule has 1 aliphatic heterocycles. The summed E-state index contributed by atoms with van der Waals surface area (Å²) >= 11 is 12.4. The molecular formula is C29H30Cl2N4O3. The Morgan fingerprint density at radius 3 is 2.26 bits per heavy atom. The number of piperidine rings is 1. The van der Waals surface area contributed by atoms with Gasteiger partial charge >= 0.3 is 5.97 Å². The summed E-state index contributed by atoms with van der Waals surface area (Å²) in [6.45, 7) is 4.38. The predicted molar refractivity (Wildman–Crippen MR) is 151 cm³/mol. The number of hydrogen-bond acceptors (Lipinski definition) is 5. The monoisotopic (exact) mass is 552 g/mol. The fraction of sp³-hybridized carbons (Fsp3) is 0.241. The van der Waals surface area contributed by atoms with Gasteiger partial charge in [-0.2, -0.15) is 5.10 Å². The van der Waals surface area contributed by atoms with Gasteiger partial charge in [0.15, 0.2) is 5.69 Å². The van der Waals surface area contributed by atoms with Gasteiger partial charge in [0.25, 0.3) is 0 Å². The van der Waals surface area contributed by atoms with Gasteiger partial charge in [-0.15, -0.1) is 0 Å². The molecule has 3 N–H and O–H groups in total. The molecule has 0 unspecified atom stereocenters. The number of carboxylic acid groups (broad SMARTS) is 1. The number of carboxylic acids is 1. The highest BCUT2D eigenvalue weighted by Crippen LogP contribution is 2.33. The van der Waals surface area contributed by atoms with Gasteiger partial charge in [-0.05, 0) is 67.8 Å². The van der Waals surface area contributed by atoms with Crippen molar-refractivity contribution in [1.82, 2.24) is 14.8 Å². The lowest BCUT2D eigenvalue weighted by Crippen LogP contribution is -2.35. The van der Waals surface area contributed by atoms with Crippen molar-refractivity contribution in [2.24, 2.45) is 5.84 Å². The summed E-state index contributed by atoms with van der Waals surface area (Å²) in [7, 11) is 0. The molecule has 7 nitrogen and oxygen atoms in total. The highest BCUT2D eigenvalue weighted by molar-refractivity contribution is 6.35. The number of rotatable bonds is 6. The van der Waals surface area contributed by atoms with Gasteiger partial charge in [-0.3, -0.25) is 5.84 Å². The molecule has 38 heavy (non-hydrogen) atoms. The van der Waals surface area contributed by atoms with Crippen molar-refractivity contribution in [2.75, 3.05) is 13.1 Å². The third kappa shape index (κ3) is 6.94. The number of aromatic carboxylic acids is 1. The average Bonchev–Trinajstić information content (AvgIpc) is 3.26. The number of nitrogens with two attached hydrogens (primary N) is 1. The second-order valence-corrected chi connectivity index (χ2v) is 9.87. The molecule has 1 aromatic heterocycles. The zero-order valence-corrected chi connectivity index (χ0v) is 22.6. The number of ether oxygens (including phenoxy) is 1. The van der Waals surface area contributed by atoms with E-state index in [2.05, 4.69) is 5.10 Å². The molecule has 1 fully saturated rings. The zero-order chi connectivity index (χ0) is 27.1. The topological polar surface area (TPSA) is 93.6 Å². The van der Waals surface area contributed by atoms with Crippen LogP contribution in [0.1, 0.15) is 40.9 Å². The quantitative estimate of drug-likeness (QED) is 0.256. The van der Waals surface area contributed by atoms with Crippen molar-refractivity contribution in [3.8, 4) is 22.7 Å². The molecule has 5 rings (SSSR count). The average molecular weight is 553 g/mol. The molecule has 2 heterocycles. The minimum Gasteiger partial charge on any atom is -0.489 e. The summed E-state index contributed by atoms with van der Waals surface area (Å²) in [4.78, 5) is 11.7. The van der Waals surface area contributed by atoms with Crippen LogP contribution in [0.25, 0.3) is 16.9 Å². The molecule has 198 valence electrons. The number of carbonyl (C=O) groups is 1. The molecule has 1 aliphatic rings. The predicted octanol–water partition coefficient (Wildman–Crippen LogP) is 6.78. The lowest BCUT2D eigenvalue weighted by atomic mass is 10.1. The summed E-state index contributed by atoms with van der Waals surface area (Å²) in [5, 5.41) is 16.6. The summed E-state index contributed by atoms with van der Waals surface area (Å²) in [6.07, 6.45) is 3.95. The van der Waals surface area contributed by atoms with Gasteiger partial charge in [0.1, 0.15) is 12.4 Å². The lowest BCUT2D eigenvalue weighted by Gasteiger charge is -2.20. The fourth-order valence-electron chi connectivity index (χ4n) is 4.23. The molecule has 0 saturated carbocycles. The van der Waals surface area contributed by atoms with E-state index in [4.69, 9.17) is 33.8 Å². The van der Waals surface area contributed by atoms with Gasteiger partial charge in [0.2, 0.25) is 0 Å². The summed E-state index contributed by atoms with van der Waals surface area (Å²) in [6, 6.07) is 22.3. The normalized spacial score (nSPS) is 13.5. The van der Waals surface area contributed by atoms with E-state index in [1.165, 1.54) is 23.9 Å². The number of hydrogen-bond donors (Lipinski definition) is 2. The van der Waals surface area contributed by atoms with E-state index in [0.717, 1.165) is 24.2 Å². The molecule has 4 aromatic rings. The van der Waals surface area contributed by atoms with E-state index in [1.807, 2.05) is 59.6 Å². The van der Waals surface area contributed by atoms with Crippen LogP contribution in [-0.2, 0) is 6.61 Å². The summed E-state index contributed by atoms with van der Waals surface area (Å²) in [5.41, 5.74) is 3.54. The largest absolute Gasteiger partial charge is 0.489 e. The Hall–Kier alpha value is -3.36. The molecule has 3 aromatic carbocycles. The first-order chi connectivity index (χ1) is 18.3. The first-order valence-electron chi connectivity index (χ1n) is 12.4. The van der Waals surface area contributed by atoms with Crippen LogP contribution in [0.5, 0.6) is 5.75 Å². The van der Waals surface area contributed by atoms with Crippen molar-refractivity contribution >= 4 is 29.2 Å².